The first-order valence-electron chi connectivity index (χ1n) is 10.6. The summed E-state index contributed by atoms with van der Waals surface area (Å²) >= 11 is 3.46. The van der Waals surface area contributed by atoms with Crippen LogP contribution in [0.3, 0.4) is 0 Å². The molecule has 0 saturated carbocycles. The van der Waals surface area contributed by atoms with Crippen LogP contribution in [0.5, 0.6) is 5.75 Å². The maximum atomic E-state index is 13.9. The van der Waals surface area contributed by atoms with Crippen LogP contribution in [0.15, 0.2) is 114 Å². The Morgan fingerprint density at radius 3 is 2.06 bits per heavy atom. The number of Topliss-reactive ketones (excluding diaryl/α,β-unsaturated/α-hetero) is 1. The summed E-state index contributed by atoms with van der Waals surface area (Å²) < 4.78 is 7.27. The second kappa shape index (κ2) is 9.04. The molecule has 0 radical (unpaired) electrons. The van der Waals surface area contributed by atoms with Crippen molar-refractivity contribution in [2.75, 3.05) is 4.90 Å². The van der Waals surface area contributed by atoms with Gasteiger partial charge in [-0.2, -0.15) is 0 Å². The van der Waals surface area contributed by atoms with Crippen molar-refractivity contribution in [2.24, 2.45) is 0 Å². The predicted molar refractivity (Wildman–Crippen MR) is 132 cm³/mol. The van der Waals surface area contributed by atoms with Crippen LogP contribution in [0.4, 0.5) is 5.69 Å². The molecule has 0 fully saturated rings. The van der Waals surface area contributed by atoms with Crippen molar-refractivity contribution < 1.29 is 14.3 Å². The molecule has 2 unspecified atom stereocenters. The number of ether oxygens (including phenoxy) is 1. The van der Waals surface area contributed by atoms with Crippen LogP contribution in [0, 0.1) is 0 Å². The number of hydrogen-bond acceptors (Lipinski definition) is 3. The molecule has 4 nitrogen and oxygen atoms in total. The minimum atomic E-state index is -0.879. The van der Waals surface area contributed by atoms with E-state index >= 15 is 0 Å². The number of ketones is 1. The van der Waals surface area contributed by atoms with Gasteiger partial charge in [-0.1, -0.05) is 76.6 Å². The van der Waals surface area contributed by atoms with Gasteiger partial charge in [-0.15, -0.1) is 0 Å². The Morgan fingerprint density at radius 1 is 0.758 bits per heavy atom. The molecule has 0 N–H and O–H groups in total. The van der Waals surface area contributed by atoms with Gasteiger partial charge < -0.3 is 4.74 Å². The highest BCUT2D eigenvalue weighted by Gasteiger charge is 2.44. The van der Waals surface area contributed by atoms with Crippen LogP contribution in [0.1, 0.15) is 32.4 Å². The van der Waals surface area contributed by atoms with Crippen LogP contribution in [-0.4, -0.2) is 17.7 Å². The van der Waals surface area contributed by atoms with Crippen LogP contribution < -0.4 is 9.64 Å². The molecule has 5 heteroatoms. The van der Waals surface area contributed by atoms with Gasteiger partial charge in [0.2, 0.25) is 0 Å². The lowest BCUT2D eigenvalue weighted by molar-refractivity contribution is 0.0730. The number of benzene rings is 4. The summed E-state index contributed by atoms with van der Waals surface area (Å²) in [7, 11) is 0. The third kappa shape index (κ3) is 4.08. The number of anilines is 1. The molecule has 1 amide bonds. The molecule has 0 saturated heterocycles. The Morgan fingerprint density at radius 2 is 1.36 bits per heavy atom. The fraction of sp³-hybridized carbons (Fsp3) is 0.0714. The second-order valence-corrected chi connectivity index (χ2v) is 8.69. The molecule has 2 atom stereocenters. The second-order valence-electron chi connectivity index (χ2n) is 7.77. The lowest BCUT2D eigenvalue weighted by atomic mass is 9.89. The van der Waals surface area contributed by atoms with Crippen LogP contribution in [0.25, 0.3) is 0 Å². The summed E-state index contributed by atoms with van der Waals surface area (Å²) in [5.41, 5.74) is 2.42. The van der Waals surface area contributed by atoms with Gasteiger partial charge in [0, 0.05) is 15.7 Å². The number of amides is 1. The van der Waals surface area contributed by atoms with Gasteiger partial charge in [-0.25, -0.2) is 0 Å². The minimum absolute atomic E-state index is 0.155. The summed E-state index contributed by atoms with van der Waals surface area (Å²) in [5.74, 6) is 0.105. The molecular weight excluding hydrogens is 478 g/mol. The van der Waals surface area contributed by atoms with Crippen molar-refractivity contribution in [1.82, 2.24) is 0 Å². The van der Waals surface area contributed by atoms with Gasteiger partial charge >= 0.3 is 0 Å². The molecule has 4 aromatic rings. The Labute approximate surface area is 200 Å². The van der Waals surface area contributed by atoms with Crippen molar-refractivity contribution >= 4 is 33.3 Å². The van der Waals surface area contributed by atoms with Gasteiger partial charge in [0.15, 0.2) is 11.9 Å². The van der Waals surface area contributed by atoms with E-state index in [0.717, 1.165) is 10.0 Å². The smallest absolute Gasteiger partial charge is 0.259 e. The Hall–Kier alpha value is -3.70. The first kappa shape index (κ1) is 21.2. The van der Waals surface area contributed by atoms with Crippen LogP contribution in [0.2, 0.25) is 0 Å². The van der Waals surface area contributed by atoms with E-state index in [-0.39, 0.29) is 11.7 Å². The predicted octanol–water partition coefficient (Wildman–Crippen LogP) is 6.48. The molecule has 162 valence electrons. The zero-order valence-electron chi connectivity index (χ0n) is 17.6. The quantitative estimate of drug-likeness (QED) is 0.324. The molecule has 33 heavy (non-hydrogen) atoms. The number of hydrogen-bond donors (Lipinski definition) is 0. The van der Waals surface area contributed by atoms with Crippen LogP contribution >= 0.6 is 15.9 Å². The van der Waals surface area contributed by atoms with Crippen molar-refractivity contribution in [3.8, 4) is 5.75 Å². The molecule has 0 aliphatic carbocycles. The monoisotopic (exact) mass is 497 g/mol. The number of rotatable bonds is 4. The Balaban J connectivity index is 1.70. The van der Waals surface area contributed by atoms with Crippen LogP contribution in [-0.2, 0) is 0 Å². The highest BCUT2D eigenvalue weighted by atomic mass is 79.9. The lowest BCUT2D eigenvalue weighted by Gasteiger charge is -2.39. The Kier molecular flexibility index (Phi) is 5.80. The van der Waals surface area contributed by atoms with E-state index in [1.165, 1.54) is 0 Å². The van der Waals surface area contributed by atoms with E-state index in [0.29, 0.717) is 22.6 Å². The van der Waals surface area contributed by atoms with E-state index in [2.05, 4.69) is 15.9 Å². The number of halogens is 1. The normalized spacial score (nSPS) is 17.1. The fourth-order valence-corrected chi connectivity index (χ4v) is 4.41. The first-order valence-corrected chi connectivity index (χ1v) is 11.4. The number of para-hydroxylation sites is 1. The summed E-state index contributed by atoms with van der Waals surface area (Å²) in [6.07, 6.45) is -0.662. The van der Waals surface area contributed by atoms with E-state index < -0.39 is 12.1 Å². The summed E-state index contributed by atoms with van der Waals surface area (Å²) in [4.78, 5) is 29.4. The Bertz CT molecular complexity index is 1290. The number of carbonyl (C=O) groups is 2. The molecule has 1 aliphatic rings. The largest absolute Gasteiger partial charge is 0.482 e. The van der Waals surface area contributed by atoms with Gasteiger partial charge in [-0.05, 0) is 54.1 Å². The van der Waals surface area contributed by atoms with Gasteiger partial charge in [0.05, 0.1) is 5.56 Å². The van der Waals surface area contributed by atoms with Crippen molar-refractivity contribution in [2.45, 2.75) is 12.1 Å². The molecule has 5 rings (SSSR count). The topological polar surface area (TPSA) is 46.6 Å². The molecule has 0 bridgehead atoms. The van der Waals surface area contributed by atoms with E-state index in [1.807, 2.05) is 84.9 Å². The fourth-order valence-electron chi connectivity index (χ4n) is 4.14. The van der Waals surface area contributed by atoms with E-state index in [4.69, 9.17) is 4.74 Å². The summed E-state index contributed by atoms with van der Waals surface area (Å²) in [5, 5.41) is 0. The highest BCUT2D eigenvalue weighted by Crippen LogP contribution is 2.39. The first-order chi connectivity index (χ1) is 16.1. The average Bonchev–Trinajstić information content (AvgIpc) is 2.87. The number of nitrogens with zero attached hydrogens (tertiary/aromatic N) is 1. The SMILES string of the molecule is O=C1c2ccccc2OC(c2ccccc2)C1N(C(=O)c1ccccc1)c1ccc(Br)cc1. The number of carbonyl (C=O) groups excluding carboxylic acids is 2. The lowest BCUT2D eigenvalue weighted by Crippen LogP contribution is -2.52. The molecule has 1 aliphatic heterocycles. The van der Waals surface area contributed by atoms with Gasteiger partial charge in [-0.3, -0.25) is 14.5 Å². The zero-order valence-corrected chi connectivity index (χ0v) is 19.2. The standard InChI is InChI=1S/C28H20BrNO3/c29-21-15-17-22(18-16-21)30(28(32)20-11-5-2-6-12-20)25-26(31)23-13-7-8-14-24(23)33-27(25)19-9-3-1-4-10-19/h1-18,25,27H. The maximum Gasteiger partial charge on any atom is 0.259 e. The third-order valence-electron chi connectivity index (χ3n) is 5.71. The van der Waals surface area contributed by atoms with Crippen molar-refractivity contribution in [3.63, 3.8) is 0 Å². The van der Waals surface area contributed by atoms with Gasteiger partial charge in [0.1, 0.15) is 11.8 Å². The molecule has 1 heterocycles. The summed E-state index contributed by atoms with van der Waals surface area (Å²) in [6, 6.07) is 32.3. The highest BCUT2D eigenvalue weighted by molar-refractivity contribution is 9.10. The van der Waals surface area contributed by atoms with Gasteiger partial charge in [0.25, 0.3) is 5.91 Å². The maximum absolute atomic E-state index is 13.9. The van der Waals surface area contributed by atoms with E-state index in [9.17, 15) is 9.59 Å². The van der Waals surface area contributed by atoms with E-state index in [1.54, 1.807) is 29.2 Å². The molecular formula is C28H20BrNO3. The molecule has 0 aromatic heterocycles. The van der Waals surface area contributed by atoms with Crippen molar-refractivity contribution in [1.29, 1.82) is 0 Å². The zero-order chi connectivity index (χ0) is 22.8. The minimum Gasteiger partial charge on any atom is -0.482 e. The number of fused-ring (bicyclic) bond motifs is 1. The molecule has 0 spiro atoms. The molecule has 4 aromatic carbocycles. The third-order valence-corrected chi connectivity index (χ3v) is 6.24. The summed E-state index contributed by atoms with van der Waals surface area (Å²) in [6.45, 7) is 0. The van der Waals surface area contributed by atoms with Crippen molar-refractivity contribution in [3.05, 3.63) is 130 Å². The average molecular weight is 498 g/mol.